The smallest absolute Gasteiger partial charge is 0.306 e. The summed E-state index contributed by atoms with van der Waals surface area (Å²) in [6.07, 6.45) is 6.39. The number of hydrogen-bond acceptors (Lipinski definition) is 2. The lowest BCUT2D eigenvalue weighted by molar-refractivity contribution is -0.142. The molecule has 0 radical (unpaired) electrons. The first-order valence-electron chi connectivity index (χ1n) is 7.79. The van der Waals surface area contributed by atoms with Gasteiger partial charge in [0.2, 0.25) is 5.91 Å². The molecule has 2 aliphatic carbocycles. The molecule has 0 aromatic carbocycles. The summed E-state index contributed by atoms with van der Waals surface area (Å²) in [5, 5.41) is 9.03. The number of aliphatic carboxylic acids is 1. The highest BCUT2D eigenvalue weighted by atomic mass is 16.4. The quantitative estimate of drug-likeness (QED) is 0.865. The standard InChI is InChI=1S/C16H27NO3/c1-16(2)8-6-13(7-9-16)17(3)14(18)11-4-5-12(10-11)15(19)20/h11-13H,4-10H2,1-3H3,(H,19,20). The largest absolute Gasteiger partial charge is 0.481 e. The monoisotopic (exact) mass is 281 g/mol. The minimum absolute atomic E-state index is 0.0731. The SMILES string of the molecule is CN(C(=O)C1CCC(C(=O)O)C1)C1CCC(C)(C)CC1. The van der Waals surface area contributed by atoms with Crippen molar-refractivity contribution in [3.63, 3.8) is 0 Å². The molecule has 2 fully saturated rings. The van der Waals surface area contributed by atoms with Gasteiger partial charge in [0.1, 0.15) is 0 Å². The third-order valence-corrected chi connectivity index (χ3v) is 5.34. The average Bonchev–Trinajstić information content (AvgIpc) is 2.86. The molecule has 0 aliphatic heterocycles. The predicted octanol–water partition coefficient (Wildman–Crippen LogP) is 2.91. The molecule has 114 valence electrons. The summed E-state index contributed by atoms with van der Waals surface area (Å²) in [4.78, 5) is 25.4. The molecule has 4 nitrogen and oxygen atoms in total. The van der Waals surface area contributed by atoms with Crippen LogP contribution in [0.2, 0.25) is 0 Å². The van der Waals surface area contributed by atoms with Crippen LogP contribution in [0.5, 0.6) is 0 Å². The molecule has 0 heterocycles. The number of hydrogen-bond donors (Lipinski definition) is 1. The van der Waals surface area contributed by atoms with Gasteiger partial charge in [-0.25, -0.2) is 0 Å². The van der Waals surface area contributed by atoms with Gasteiger partial charge >= 0.3 is 5.97 Å². The summed E-state index contributed by atoms with van der Waals surface area (Å²) in [5.41, 5.74) is 0.405. The molecule has 2 aliphatic rings. The molecule has 2 rings (SSSR count). The molecule has 2 unspecified atom stereocenters. The Balaban J connectivity index is 1.88. The first-order valence-corrected chi connectivity index (χ1v) is 7.79. The summed E-state index contributed by atoms with van der Waals surface area (Å²) < 4.78 is 0. The van der Waals surface area contributed by atoms with Crippen LogP contribution >= 0.6 is 0 Å². The van der Waals surface area contributed by atoms with Crippen LogP contribution in [0.4, 0.5) is 0 Å². The number of carbonyl (C=O) groups excluding carboxylic acids is 1. The molecule has 20 heavy (non-hydrogen) atoms. The highest BCUT2D eigenvalue weighted by Gasteiger charge is 2.37. The minimum Gasteiger partial charge on any atom is -0.481 e. The Morgan fingerprint density at radius 1 is 1.05 bits per heavy atom. The number of carboxylic acids is 1. The summed E-state index contributed by atoms with van der Waals surface area (Å²) in [6.45, 7) is 4.58. The highest BCUT2D eigenvalue weighted by Crippen LogP contribution is 2.38. The van der Waals surface area contributed by atoms with Gasteiger partial charge < -0.3 is 10.0 Å². The molecular weight excluding hydrogens is 254 g/mol. The average molecular weight is 281 g/mol. The molecule has 2 saturated carbocycles. The van der Waals surface area contributed by atoms with Crippen molar-refractivity contribution in [2.45, 2.75) is 64.8 Å². The maximum atomic E-state index is 12.5. The first kappa shape index (κ1) is 15.3. The van der Waals surface area contributed by atoms with E-state index in [9.17, 15) is 9.59 Å². The van der Waals surface area contributed by atoms with Crippen molar-refractivity contribution < 1.29 is 14.7 Å². The number of carbonyl (C=O) groups is 2. The number of rotatable bonds is 3. The maximum absolute atomic E-state index is 12.5. The first-order chi connectivity index (χ1) is 9.30. The molecule has 0 saturated heterocycles. The van der Waals surface area contributed by atoms with Crippen molar-refractivity contribution in [3.8, 4) is 0 Å². The van der Waals surface area contributed by atoms with Crippen LogP contribution in [0.25, 0.3) is 0 Å². The molecule has 0 spiro atoms. The fraction of sp³-hybridized carbons (Fsp3) is 0.875. The minimum atomic E-state index is -0.748. The lowest BCUT2D eigenvalue weighted by Gasteiger charge is -2.39. The van der Waals surface area contributed by atoms with Gasteiger partial charge in [-0.15, -0.1) is 0 Å². The van der Waals surface area contributed by atoms with Crippen molar-refractivity contribution >= 4 is 11.9 Å². The zero-order valence-corrected chi connectivity index (χ0v) is 12.9. The second kappa shape index (κ2) is 5.74. The molecule has 0 aromatic heterocycles. The van der Waals surface area contributed by atoms with E-state index in [0.717, 1.165) is 32.1 Å². The second-order valence-electron chi connectivity index (χ2n) is 7.39. The van der Waals surface area contributed by atoms with Crippen LogP contribution in [0.3, 0.4) is 0 Å². The lowest BCUT2D eigenvalue weighted by atomic mass is 9.75. The van der Waals surface area contributed by atoms with Gasteiger partial charge in [-0.3, -0.25) is 9.59 Å². The Hall–Kier alpha value is -1.06. The Labute approximate surface area is 121 Å². The van der Waals surface area contributed by atoms with Gasteiger partial charge in [-0.2, -0.15) is 0 Å². The Bertz CT molecular complexity index is 381. The fourth-order valence-corrected chi connectivity index (χ4v) is 3.67. The summed E-state index contributed by atoms with van der Waals surface area (Å²) in [7, 11) is 1.90. The normalized spacial score (nSPS) is 30.1. The van der Waals surface area contributed by atoms with Crippen LogP contribution in [0.1, 0.15) is 58.8 Å². The van der Waals surface area contributed by atoms with Gasteiger partial charge in [-0.1, -0.05) is 13.8 Å². The Morgan fingerprint density at radius 3 is 2.10 bits per heavy atom. The number of nitrogens with zero attached hydrogens (tertiary/aromatic N) is 1. The van der Waals surface area contributed by atoms with E-state index >= 15 is 0 Å². The van der Waals surface area contributed by atoms with E-state index in [-0.39, 0.29) is 17.7 Å². The van der Waals surface area contributed by atoms with Gasteiger partial charge in [-0.05, 0) is 50.4 Å². The molecule has 0 aromatic rings. The topological polar surface area (TPSA) is 57.6 Å². The van der Waals surface area contributed by atoms with E-state index in [0.29, 0.717) is 24.3 Å². The lowest BCUT2D eigenvalue weighted by Crippen LogP contribution is -2.43. The summed E-state index contributed by atoms with van der Waals surface area (Å²) >= 11 is 0. The number of carboxylic acid groups (broad SMARTS) is 1. The van der Waals surface area contributed by atoms with E-state index in [2.05, 4.69) is 13.8 Å². The molecule has 1 amide bonds. The highest BCUT2D eigenvalue weighted by molar-refractivity contribution is 5.81. The van der Waals surface area contributed by atoms with E-state index in [1.165, 1.54) is 0 Å². The zero-order chi connectivity index (χ0) is 14.9. The van der Waals surface area contributed by atoms with Crippen molar-refractivity contribution in [3.05, 3.63) is 0 Å². The van der Waals surface area contributed by atoms with Crippen molar-refractivity contribution in [1.82, 2.24) is 4.90 Å². The molecule has 0 bridgehead atoms. The van der Waals surface area contributed by atoms with E-state index in [1.54, 1.807) is 0 Å². The van der Waals surface area contributed by atoms with Crippen LogP contribution in [-0.4, -0.2) is 35.0 Å². The molecular formula is C16H27NO3. The van der Waals surface area contributed by atoms with Crippen LogP contribution in [-0.2, 0) is 9.59 Å². The Kier molecular flexibility index (Phi) is 4.40. The van der Waals surface area contributed by atoms with Gasteiger partial charge in [0.25, 0.3) is 0 Å². The maximum Gasteiger partial charge on any atom is 0.306 e. The van der Waals surface area contributed by atoms with E-state index in [4.69, 9.17) is 5.11 Å². The predicted molar refractivity (Wildman–Crippen MR) is 77.3 cm³/mol. The van der Waals surface area contributed by atoms with Gasteiger partial charge in [0, 0.05) is 19.0 Å². The van der Waals surface area contributed by atoms with E-state index in [1.807, 2.05) is 11.9 Å². The fourth-order valence-electron chi connectivity index (χ4n) is 3.67. The molecule has 4 heteroatoms. The Morgan fingerprint density at radius 2 is 1.60 bits per heavy atom. The number of amides is 1. The van der Waals surface area contributed by atoms with E-state index < -0.39 is 5.97 Å². The van der Waals surface area contributed by atoms with Crippen LogP contribution in [0, 0.1) is 17.3 Å². The molecule has 1 N–H and O–H groups in total. The summed E-state index contributed by atoms with van der Waals surface area (Å²) in [5.74, 6) is -0.973. The zero-order valence-electron chi connectivity index (χ0n) is 12.9. The van der Waals surface area contributed by atoms with Crippen molar-refractivity contribution in [2.24, 2.45) is 17.3 Å². The second-order valence-corrected chi connectivity index (χ2v) is 7.39. The van der Waals surface area contributed by atoms with Crippen molar-refractivity contribution in [2.75, 3.05) is 7.05 Å². The van der Waals surface area contributed by atoms with Crippen molar-refractivity contribution in [1.29, 1.82) is 0 Å². The van der Waals surface area contributed by atoms with Gasteiger partial charge in [0.15, 0.2) is 0 Å². The third-order valence-electron chi connectivity index (χ3n) is 5.34. The van der Waals surface area contributed by atoms with Gasteiger partial charge in [0.05, 0.1) is 5.92 Å². The van der Waals surface area contributed by atoms with Crippen LogP contribution < -0.4 is 0 Å². The molecule has 2 atom stereocenters. The van der Waals surface area contributed by atoms with Crippen LogP contribution in [0.15, 0.2) is 0 Å². The summed E-state index contributed by atoms with van der Waals surface area (Å²) in [6, 6.07) is 0.347. The third kappa shape index (κ3) is 3.33.